The molecular formula is C4H5F2N3O2S. The molecule has 0 aliphatic rings. The van der Waals surface area contributed by atoms with Gasteiger partial charge >= 0.3 is 5.76 Å². The van der Waals surface area contributed by atoms with Crippen LogP contribution in [0.4, 0.5) is 14.6 Å². The van der Waals surface area contributed by atoms with Crippen molar-refractivity contribution in [3.05, 3.63) is 12.3 Å². The van der Waals surface area contributed by atoms with E-state index in [1.807, 2.05) is 0 Å². The van der Waals surface area contributed by atoms with Gasteiger partial charge in [-0.05, 0) is 0 Å². The van der Waals surface area contributed by atoms with Crippen LogP contribution in [0, 0.1) is 0 Å². The number of hydrogen-bond donors (Lipinski definition) is 2. The zero-order valence-corrected chi connectivity index (χ0v) is 6.48. The third-order valence-corrected chi connectivity index (χ3v) is 1.96. The van der Waals surface area contributed by atoms with E-state index >= 15 is 0 Å². The van der Waals surface area contributed by atoms with Gasteiger partial charge in [0.05, 0.1) is 6.20 Å². The Bertz CT molecular complexity index is 333. The molecule has 0 aliphatic heterocycles. The van der Waals surface area contributed by atoms with Gasteiger partial charge in [0.2, 0.25) is 0 Å². The van der Waals surface area contributed by atoms with E-state index in [9.17, 15) is 17.2 Å². The second-order valence-electron chi connectivity index (χ2n) is 1.88. The van der Waals surface area contributed by atoms with Gasteiger partial charge in [-0.25, -0.2) is 8.42 Å². The first-order chi connectivity index (χ1) is 5.52. The molecule has 5 nitrogen and oxygen atoms in total. The summed E-state index contributed by atoms with van der Waals surface area (Å²) in [4.78, 5) is 0. The van der Waals surface area contributed by atoms with Gasteiger partial charge in [-0.1, -0.05) is 0 Å². The molecule has 0 atom stereocenters. The van der Waals surface area contributed by atoms with Gasteiger partial charge in [-0.3, -0.25) is 9.82 Å². The highest BCUT2D eigenvalue weighted by Crippen LogP contribution is 2.09. The average molecular weight is 197 g/mol. The van der Waals surface area contributed by atoms with E-state index in [1.54, 1.807) is 4.72 Å². The van der Waals surface area contributed by atoms with Gasteiger partial charge < -0.3 is 0 Å². The fourth-order valence-electron chi connectivity index (χ4n) is 0.511. The second-order valence-corrected chi connectivity index (χ2v) is 3.53. The van der Waals surface area contributed by atoms with E-state index in [1.165, 1.54) is 12.3 Å². The zero-order valence-electron chi connectivity index (χ0n) is 5.66. The van der Waals surface area contributed by atoms with Crippen LogP contribution in [-0.4, -0.2) is 24.4 Å². The number of aromatic nitrogens is 2. The molecule has 0 saturated heterocycles. The number of sulfonamides is 1. The summed E-state index contributed by atoms with van der Waals surface area (Å²) in [6, 6.07) is 1.22. The first kappa shape index (κ1) is 8.91. The van der Waals surface area contributed by atoms with Crippen LogP contribution in [-0.2, 0) is 10.0 Å². The average Bonchev–Trinajstić information content (AvgIpc) is 2.38. The van der Waals surface area contributed by atoms with Gasteiger partial charge in [-0.2, -0.15) is 13.9 Å². The van der Waals surface area contributed by atoms with Crippen molar-refractivity contribution in [1.82, 2.24) is 10.2 Å². The monoisotopic (exact) mass is 197 g/mol. The van der Waals surface area contributed by atoms with Crippen molar-refractivity contribution in [2.45, 2.75) is 5.76 Å². The summed E-state index contributed by atoms with van der Waals surface area (Å²) < 4.78 is 46.0. The fourth-order valence-corrected chi connectivity index (χ4v) is 1.02. The highest BCUT2D eigenvalue weighted by atomic mass is 32.2. The largest absolute Gasteiger partial charge is 0.355 e. The number of nitrogens with one attached hydrogen (secondary N) is 2. The molecule has 0 saturated carbocycles. The van der Waals surface area contributed by atoms with Crippen LogP contribution in [0.2, 0.25) is 0 Å². The molecule has 0 spiro atoms. The van der Waals surface area contributed by atoms with Crippen LogP contribution in [0.15, 0.2) is 12.3 Å². The lowest BCUT2D eigenvalue weighted by Crippen LogP contribution is -2.20. The first-order valence-electron chi connectivity index (χ1n) is 2.81. The van der Waals surface area contributed by atoms with E-state index in [4.69, 9.17) is 0 Å². The Morgan fingerprint density at radius 1 is 1.58 bits per heavy atom. The van der Waals surface area contributed by atoms with Crippen LogP contribution < -0.4 is 4.72 Å². The van der Waals surface area contributed by atoms with Crippen molar-refractivity contribution in [3.8, 4) is 0 Å². The molecule has 68 valence electrons. The SMILES string of the molecule is O=S(=O)(Nc1ccn[nH]1)C(F)F. The molecule has 2 N–H and O–H groups in total. The molecule has 1 heterocycles. The van der Waals surface area contributed by atoms with Crippen LogP contribution in [0.25, 0.3) is 0 Å². The summed E-state index contributed by atoms with van der Waals surface area (Å²) in [7, 11) is -4.58. The molecule has 0 bridgehead atoms. The Morgan fingerprint density at radius 3 is 2.67 bits per heavy atom. The van der Waals surface area contributed by atoms with Crippen LogP contribution in [0.3, 0.4) is 0 Å². The molecule has 1 aromatic heterocycles. The van der Waals surface area contributed by atoms with Crippen molar-refractivity contribution >= 4 is 15.8 Å². The maximum atomic E-state index is 11.7. The maximum absolute atomic E-state index is 11.7. The molecule has 0 aromatic carbocycles. The number of nitrogens with zero attached hydrogens (tertiary/aromatic N) is 1. The lowest BCUT2D eigenvalue weighted by Gasteiger charge is -2.02. The Kier molecular flexibility index (Phi) is 2.27. The molecule has 1 rings (SSSR count). The second kappa shape index (κ2) is 3.05. The predicted molar refractivity (Wildman–Crippen MR) is 37.1 cm³/mol. The number of rotatable bonds is 3. The van der Waals surface area contributed by atoms with E-state index in [0.29, 0.717) is 0 Å². The Morgan fingerprint density at radius 2 is 2.25 bits per heavy atom. The summed E-state index contributed by atoms with van der Waals surface area (Å²) in [5, 5.41) is 5.54. The van der Waals surface area contributed by atoms with E-state index in [-0.39, 0.29) is 5.82 Å². The van der Waals surface area contributed by atoms with Crippen LogP contribution in [0.5, 0.6) is 0 Å². The first-order valence-corrected chi connectivity index (χ1v) is 4.36. The Hall–Kier alpha value is -1.18. The van der Waals surface area contributed by atoms with Crippen LogP contribution >= 0.6 is 0 Å². The van der Waals surface area contributed by atoms with Crippen molar-refractivity contribution in [2.75, 3.05) is 4.72 Å². The van der Waals surface area contributed by atoms with E-state index in [2.05, 4.69) is 10.2 Å². The Labute approximate surface area is 66.8 Å². The molecule has 0 radical (unpaired) electrons. The lowest BCUT2D eigenvalue weighted by molar-refractivity contribution is 0.236. The molecule has 0 unspecified atom stereocenters. The third kappa shape index (κ3) is 1.91. The van der Waals surface area contributed by atoms with Gasteiger partial charge in [0.15, 0.2) is 0 Å². The normalized spacial score (nSPS) is 11.9. The number of aromatic amines is 1. The van der Waals surface area contributed by atoms with E-state index in [0.717, 1.165) is 0 Å². The standard InChI is InChI=1S/C4H5F2N3O2S/c5-4(6)12(10,11)9-3-1-2-7-8-3/h1-2,4H,(H2,7,8,9). The number of anilines is 1. The molecule has 0 fully saturated rings. The molecule has 12 heavy (non-hydrogen) atoms. The quantitative estimate of drug-likeness (QED) is 0.735. The smallest absolute Gasteiger partial charge is 0.263 e. The molecule has 1 aromatic rings. The zero-order chi connectivity index (χ0) is 9.19. The molecule has 8 heteroatoms. The van der Waals surface area contributed by atoms with Crippen LogP contribution in [0.1, 0.15) is 0 Å². The topological polar surface area (TPSA) is 74.8 Å². The molecule has 0 aliphatic carbocycles. The Balaban J connectivity index is 2.77. The minimum absolute atomic E-state index is 0.0877. The van der Waals surface area contributed by atoms with Crippen molar-refractivity contribution in [2.24, 2.45) is 0 Å². The number of halogens is 2. The van der Waals surface area contributed by atoms with E-state index < -0.39 is 15.8 Å². The van der Waals surface area contributed by atoms with Gasteiger partial charge in [0.25, 0.3) is 10.0 Å². The lowest BCUT2D eigenvalue weighted by atomic mass is 10.7. The summed E-state index contributed by atoms with van der Waals surface area (Å²) in [6.07, 6.45) is 1.24. The summed E-state index contributed by atoms with van der Waals surface area (Å²) in [5.41, 5.74) is 0. The van der Waals surface area contributed by atoms with Crippen molar-refractivity contribution in [3.63, 3.8) is 0 Å². The maximum Gasteiger partial charge on any atom is 0.355 e. The van der Waals surface area contributed by atoms with Crippen molar-refractivity contribution in [1.29, 1.82) is 0 Å². The third-order valence-electron chi connectivity index (χ3n) is 0.988. The molecule has 0 amide bonds. The fraction of sp³-hybridized carbons (Fsp3) is 0.250. The predicted octanol–water partition coefficient (Wildman–Crippen LogP) is 0.374. The number of H-pyrrole nitrogens is 1. The van der Waals surface area contributed by atoms with Gasteiger partial charge in [0.1, 0.15) is 5.82 Å². The highest BCUT2D eigenvalue weighted by Gasteiger charge is 2.23. The number of alkyl halides is 2. The van der Waals surface area contributed by atoms with Crippen molar-refractivity contribution < 1.29 is 17.2 Å². The highest BCUT2D eigenvalue weighted by molar-refractivity contribution is 7.92. The summed E-state index contributed by atoms with van der Waals surface area (Å²) in [5.74, 6) is -3.53. The summed E-state index contributed by atoms with van der Waals surface area (Å²) in [6.45, 7) is 0. The minimum atomic E-state index is -4.58. The van der Waals surface area contributed by atoms with Gasteiger partial charge in [0, 0.05) is 6.07 Å². The molecular weight excluding hydrogens is 192 g/mol. The minimum Gasteiger partial charge on any atom is -0.263 e. The summed E-state index contributed by atoms with van der Waals surface area (Å²) >= 11 is 0. The number of hydrogen-bond acceptors (Lipinski definition) is 3. The van der Waals surface area contributed by atoms with Gasteiger partial charge in [-0.15, -0.1) is 0 Å².